The number of nitrogens with two attached hydrogens (primary N) is 1. The van der Waals surface area contributed by atoms with E-state index in [0.29, 0.717) is 12.5 Å². The largest absolute Gasteiger partial charge is 0.496 e. The number of hydrogen-bond acceptors (Lipinski definition) is 8. The summed E-state index contributed by atoms with van der Waals surface area (Å²) in [7, 11) is 1.75. The van der Waals surface area contributed by atoms with Crippen molar-refractivity contribution in [2.45, 2.75) is 45.2 Å². The molecule has 3 aromatic rings. The number of benzene rings is 1. The first-order chi connectivity index (χ1) is 17.7. The van der Waals surface area contributed by atoms with Gasteiger partial charge in [-0.15, -0.1) is 0 Å². The molecule has 2 aliphatic heterocycles. The maximum atomic E-state index is 6.03. The average molecular weight is 491 g/mol. The second-order valence-electron chi connectivity index (χ2n) is 10.9. The molecule has 0 radical (unpaired) electrons. The number of hydrogen-bond donors (Lipinski definition) is 3. The third-order valence-electron chi connectivity index (χ3n) is 8.33. The molecule has 2 atom stereocenters. The number of nitrogens with zero attached hydrogens (tertiary/aromatic N) is 5. The number of methoxy groups -OCH3 is 1. The zero-order valence-electron chi connectivity index (χ0n) is 21.2. The van der Waals surface area contributed by atoms with Crippen LogP contribution in [0.25, 0.3) is 11.0 Å². The highest BCUT2D eigenvalue weighted by molar-refractivity contribution is 5.86. The van der Waals surface area contributed by atoms with Gasteiger partial charge in [-0.1, -0.05) is 31.4 Å². The molecule has 0 unspecified atom stereocenters. The maximum absolute atomic E-state index is 6.03. The molecular formula is C27H38N8O. The van der Waals surface area contributed by atoms with Crippen molar-refractivity contribution in [1.82, 2.24) is 30.0 Å². The van der Waals surface area contributed by atoms with E-state index in [1.165, 1.54) is 50.8 Å². The predicted molar refractivity (Wildman–Crippen MR) is 142 cm³/mol. The fourth-order valence-corrected chi connectivity index (χ4v) is 6.41. The van der Waals surface area contributed by atoms with E-state index in [1.807, 2.05) is 4.68 Å². The summed E-state index contributed by atoms with van der Waals surface area (Å²) in [6.07, 6.45) is 8.31. The first-order valence-corrected chi connectivity index (χ1v) is 13.5. The van der Waals surface area contributed by atoms with Crippen LogP contribution in [0.15, 0.2) is 24.4 Å². The van der Waals surface area contributed by atoms with Gasteiger partial charge in [0.1, 0.15) is 16.8 Å². The molecule has 36 heavy (non-hydrogen) atoms. The second-order valence-corrected chi connectivity index (χ2v) is 10.9. The third kappa shape index (κ3) is 4.86. The first kappa shape index (κ1) is 23.5. The van der Waals surface area contributed by atoms with Gasteiger partial charge < -0.3 is 21.1 Å². The zero-order chi connectivity index (χ0) is 24.5. The van der Waals surface area contributed by atoms with Crippen LogP contribution in [0.1, 0.15) is 43.2 Å². The Morgan fingerprint density at radius 3 is 2.67 bits per heavy atom. The number of nitrogens with one attached hydrogen (secondary N) is 2. The molecule has 2 saturated heterocycles. The van der Waals surface area contributed by atoms with E-state index in [0.717, 1.165) is 66.2 Å². The van der Waals surface area contributed by atoms with E-state index in [9.17, 15) is 0 Å². The van der Waals surface area contributed by atoms with E-state index >= 15 is 0 Å². The van der Waals surface area contributed by atoms with Gasteiger partial charge in [-0.05, 0) is 55.3 Å². The molecule has 4 N–H and O–H groups in total. The lowest BCUT2D eigenvalue weighted by atomic mass is 9.89. The SMILES string of the molecule is COc1cc(CN2C[C@H]3CNC[C@H]3C2)ccc1Cn1ncc2nc(N)nc(NCC3CCCCC3)c21. The first-order valence-electron chi connectivity index (χ1n) is 13.5. The molecule has 192 valence electrons. The van der Waals surface area contributed by atoms with Crippen LogP contribution < -0.4 is 21.1 Å². The Morgan fingerprint density at radius 1 is 1.08 bits per heavy atom. The van der Waals surface area contributed by atoms with Crippen LogP contribution in [-0.4, -0.2) is 64.5 Å². The molecule has 3 aliphatic rings. The minimum absolute atomic E-state index is 0.275. The van der Waals surface area contributed by atoms with Crippen LogP contribution in [0.5, 0.6) is 5.75 Å². The van der Waals surface area contributed by atoms with Gasteiger partial charge in [0.15, 0.2) is 5.82 Å². The lowest BCUT2D eigenvalue weighted by Crippen LogP contribution is -2.25. The van der Waals surface area contributed by atoms with E-state index in [1.54, 1.807) is 13.3 Å². The smallest absolute Gasteiger partial charge is 0.222 e. The van der Waals surface area contributed by atoms with Gasteiger partial charge in [-0.25, -0.2) is 4.98 Å². The Labute approximate surface area is 212 Å². The monoisotopic (exact) mass is 490 g/mol. The molecule has 4 heterocycles. The minimum atomic E-state index is 0.275. The van der Waals surface area contributed by atoms with Crippen molar-refractivity contribution in [3.05, 3.63) is 35.5 Å². The summed E-state index contributed by atoms with van der Waals surface area (Å²) in [5, 5.41) is 11.7. The molecule has 1 aromatic carbocycles. The van der Waals surface area contributed by atoms with Crippen LogP contribution in [0.4, 0.5) is 11.8 Å². The quantitative estimate of drug-likeness (QED) is 0.442. The van der Waals surface area contributed by atoms with E-state index in [2.05, 4.69) is 48.8 Å². The Balaban J connectivity index is 1.20. The summed E-state index contributed by atoms with van der Waals surface area (Å²) in [5.74, 6) is 4.22. The summed E-state index contributed by atoms with van der Waals surface area (Å²) >= 11 is 0. The minimum Gasteiger partial charge on any atom is -0.496 e. The van der Waals surface area contributed by atoms with Crippen molar-refractivity contribution in [3.8, 4) is 5.75 Å². The Kier molecular flexibility index (Phi) is 6.67. The van der Waals surface area contributed by atoms with Crippen LogP contribution in [0.3, 0.4) is 0 Å². The molecule has 0 amide bonds. The molecule has 2 aromatic heterocycles. The summed E-state index contributed by atoms with van der Waals surface area (Å²) in [6, 6.07) is 6.59. The molecule has 9 heteroatoms. The third-order valence-corrected chi connectivity index (χ3v) is 8.33. The standard InChI is InChI=1S/C27H38N8O/c1-36-24-9-19(14-34-15-21-11-29-12-22(21)16-34)7-8-20(24)17-35-25-23(13-31-35)32-27(28)33-26(25)30-10-18-5-3-2-4-6-18/h7-9,13,18,21-22,29H,2-6,10-12,14-17H2,1H3,(H3,28,30,32,33)/t21-,22+. The normalized spacial score (nSPS) is 22.8. The molecular weight excluding hydrogens is 452 g/mol. The Hall–Kier alpha value is -2.91. The van der Waals surface area contributed by atoms with Gasteiger partial charge in [-0.2, -0.15) is 10.1 Å². The van der Waals surface area contributed by atoms with Crippen molar-refractivity contribution in [2.75, 3.05) is 50.9 Å². The van der Waals surface area contributed by atoms with Crippen molar-refractivity contribution >= 4 is 22.8 Å². The fourth-order valence-electron chi connectivity index (χ4n) is 6.41. The summed E-state index contributed by atoms with van der Waals surface area (Å²) in [6.45, 7) is 7.14. The highest BCUT2D eigenvalue weighted by Crippen LogP contribution is 2.30. The molecule has 0 bridgehead atoms. The van der Waals surface area contributed by atoms with Crippen LogP contribution in [-0.2, 0) is 13.1 Å². The molecule has 1 aliphatic carbocycles. The number of aromatic nitrogens is 4. The van der Waals surface area contributed by atoms with Gasteiger partial charge in [0.05, 0.1) is 19.9 Å². The van der Waals surface area contributed by atoms with Gasteiger partial charge in [0, 0.05) is 31.7 Å². The van der Waals surface area contributed by atoms with Crippen molar-refractivity contribution in [1.29, 1.82) is 0 Å². The topological polar surface area (TPSA) is 106 Å². The number of nitrogen functional groups attached to an aromatic ring is 1. The summed E-state index contributed by atoms with van der Waals surface area (Å²) in [5.41, 5.74) is 10.1. The van der Waals surface area contributed by atoms with Crippen LogP contribution in [0.2, 0.25) is 0 Å². The molecule has 0 spiro atoms. The van der Waals surface area contributed by atoms with Gasteiger partial charge in [0.2, 0.25) is 5.95 Å². The number of likely N-dealkylation sites (tertiary alicyclic amines) is 1. The van der Waals surface area contributed by atoms with Gasteiger partial charge in [0.25, 0.3) is 0 Å². The van der Waals surface area contributed by atoms with E-state index in [4.69, 9.17) is 10.5 Å². The molecule has 3 fully saturated rings. The highest BCUT2D eigenvalue weighted by atomic mass is 16.5. The molecule has 9 nitrogen and oxygen atoms in total. The maximum Gasteiger partial charge on any atom is 0.222 e. The van der Waals surface area contributed by atoms with Gasteiger partial charge in [-0.3, -0.25) is 9.58 Å². The van der Waals surface area contributed by atoms with E-state index < -0.39 is 0 Å². The summed E-state index contributed by atoms with van der Waals surface area (Å²) < 4.78 is 7.79. The number of fused-ring (bicyclic) bond motifs is 2. The van der Waals surface area contributed by atoms with Crippen LogP contribution >= 0.6 is 0 Å². The molecule has 6 rings (SSSR count). The molecule has 1 saturated carbocycles. The predicted octanol–water partition coefficient (Wildman–Crippen LogP) is 3.11. The second kappa shape index (κ2) is 10.2. The highest BCUT2D eigenvalue weighted by Gasteiger charge is 2.35. The number of rotatable bonds is 8. The van der Waals surface area contributed by atoms with Crippen molar-refractivity contribution < 1.29 is 4.74 Å². The average Bonchev–Trinajstić information content (AvgIpc) is 3.59. The Morgan fingerprint density at radius 2 is 1.89 bits per heavy atom. The van der Waals surface area contributed by atoms with E-state index in [-0.39, 0.29) is 5.95 Å². The Bertz CT molecular complexity index is 1190. The lowest BCUT2D eigenvalue weighted by molar-refractivity contribution is 0.305. The zero-order valence-corrected chi connectivity index (χ0v) is 21.2. The number of ether oxygens (including phenoxy) is 1. The fraction of sp³-hybridized carbons (Fsp3) is 0.593. The van der Waals surface area contributed by atoms with Crippen LogP contribution in [0, 0.1) is 17.8 Å². The van der Waals surface area contributed by atoms with Crippen molar-refractivity contribution in [3.63, 3.8) is 0 Å². The van der Waals surface area contributed by atoms with Crippen molar-refractivity contribution in [2.24, 2.45) is 17.8 Å². The van der Waals surface area contributed by atoms with Gasteiger partial charge >= 0.3 is 0 Å². The lowest BCUT2D eigenvalue weighted by Gasteiger charge is -2.22. The number of anilines is 2. The summed E-state index contributed by atoms with van der Waals surface area (Å²) in [4.78, 5) is 11.6.